The van der Waals surface area contributed by atoms with E-state index in [4.69, 9.17) is 0 Å². The van der Waals surface area contributed by atoms with E-state index in [0.29, 0.717) is 0 Å². The minimum absolute atomic E-state index is 0.810. The van der Waals surface area contributed by atoms with Crippen molar-refractivity contribution in [2.45, 2.75) is 0 Å². The molecular formula is C2H3F2O3P. The molecule has 0 atom stereocenters. The zero-order chi connectivity index (χ0) is 6.41. The van der Waals surface area contributed by atoms with Gasteiger partial charge in [-0.05, 0) is 9.05 Å². The van der Waals surface area contributed by atoms with E-state index in [2.05, 4.69) is 20.6 Å². The Hall–Kier alpha value is -0.250. The third-order valence-corrected chi connectivity index (χ3v) is 0.820. The summed E-state index contributed by atoms with van der Waals surface area (Å²) in [6.07, 6.45) is 0.810. The first-order valence-electron chi connectivity index (χ1n) is 1.50. The first-order chi connectivity index (χ1) is 3.85. The predicted molar refractivity (Wildman–Crippen MR) is 22.6 cm³/mol. The molecule has 0 fully saturated rings. The number of hydrogen-bond donors (Lipinski definition) is 0. The average Bonchev–Trinajstić information content (AvgIpc) is 1.83. The van der Waals surface area contributed by atoms with E-state index in [0.717, 1.165) is 6.26 Å². The summed E-state index contributed by atoms with van der Waals surface area (Å²) in [5, 5.41) is 0. The van der Waals surface area contributed by atoms with Crippen LogP contribution in [0.25, 0.3) is 0 Å². The maximum Gasteiger partial charge on any atom is 0.464 e. The van der Waals surface area contributed by atoms with Gasteiger partial charge in [0.15, 0.2) is 0 Å². The molecule has 0 saturated heterocycles. The van der Waals surface area contributed by atoms with E-state index in [1.807, 2.05) is 0 Å². The van der Waals surface area contributed by atoms with Crippen molar-refractivity contribution in [2.75, 3.05) is 0 Å². The Bertz CT molecular complexity index is 66.3. The average molecular weight is 144 g/mol. The van der Waals surface area contributed by atoms with E-state index in [1.54, 1.807) is 0 Å². The summed E-state index contributed by atoms with van der Waals surface area (Å²) in [6.45, 7) is 3.00. The van der Waals surface area contributed by atoms with Crippen molar-refractivity contribution >= 4 is 8.60 Å². The fourth-order valence-electron chi connectivity index (χ4n) is 0.104. The molecule has 0 heterocycles. The van der Waals surface area contributed by atoms with Crippen LogP contribution in [-0.4, -0.2) is 0 Å². The zero-order valence-electron chi connectivity index (χ0n) is 3.71. The van der Waals surface area contributed by atoms with Crippen molar-refractivity contribution in [1.29, 1.82) is 0 Å². The third-order valence-electron chi connectivity index (χ3n) is 0.273. The smallest absolute Gasteiger partial charge is 0.432 e. The van der Waals surface area contributed by atoms with Crippen molar-refractivity contribution in [3.63, 3.8) is 0 Å². The predicted octanol–water partition coefficient (Wildman–Crippen LogP) is 2.18. The van der Waals surface area contributed by atoms with Crippen molar-refractivity contribution in [2.24, 2.45) is 0 Å². The summed E-state index contributed by atoms with van der Waals surface area (Å²) in [6, 6.07) is 0. The van der Waals surface area contributed by atoms with E-state index in [-0.39, 0.29) is 0 Å². The lowest BCUT2D eigenvalue weighted by molar-refractivity contribution is -0.0895. The highest BCUT2D eigenvalue weighted by Gasteiger charge is 2.12. The lowest BCUT2D eigenvalue weighted by atomic mass is 11.2. The monoisotopic (exact) mass is 144 g/mol. The Morgan fingerprint density at radius 1 is 1.38 bits per heavy atom. The van der Waals surface area contributed by atoms with Crippen LogP contribution in [0.4, 0.5) is 9.05 Å². The maximum atomic E-state index is 10.8. The van der Waals surface area contributed by atoms with E-state index >= 15 is 0 Å². The van der Waals surface area contributed by atoms with Crippen LogP contribution in [0.15, 0.2) is 12.8 Å². The molecule has 0 aliphatic rings. The van der Waals surface area contributed by atoms with Crippen LogP contribution in [0, 0.1) is 0 Å². The third kappa shape index (κ3) is 2.85. The molecule has 48 valence electrons. The van der Waals surface area contributed by atoms with Gasteiger partial charge in [-0.2, -0.15) is 0 Å². The SMILES string of the molecule is C=COP(OF)OF. The van der Waals surface area contributed by atoms with Crippen LogP contribution in [0.3, 0.4) is 0 Å². The molecule has 0 aromatic rings. The molecule has 0 bridgehead atoms. The Morgan fingerprint density at radius 3 is 2.00 bits per heavy atom. The van der Waals surface area contributed by atoms with Gasteiger partial charge in [0.1, 0.15) is 0 Å². The van der Waals surface area contributed by atoms with Gasteiger partial charge < -0.3 is 4.52 Å². The minimum Gasteiger partial charge on any atom is -0.432 e. The molecule has 0 saturated carbocycles. The second-order valence-electron chi connectivity index (χ2n) is 0.634. The van der Waals surface area contributed by atoms with Gasteiger partial charge in [0.2, 0.25) is 0 Å². The van der Waals surface area contributed by atoms with Gasteiger partial charge in [0.25, 0.3) is 0 Å². The number of rotatable bonds is 4. The van der Waals surface area contributed by atoms with E-state index in [1.165, 1.54) is 0 Å². The van der Waals surface area contributed by atoms with Crippen LogP contribution in [-0.2, 0) is 14.0 Å². The second kappa shape index (κ2) is 4.90. The van der Waals surface area contributed by atoms with Gasteiger partial charge in [-0.3, -0.25) is 0 Å². The fraction of sp³-hybridized carbons (Fsp3) is 0. The minimum atomic E-state index is -2.51. The molecule has 0 radical (unpaired) electrons. The summed E-state index contributed by atoms with van der Waals surface area (Å²) in [4.78, 5) is 0. The van der Waals surface area contributed by atoms with Gasteiger partial charge >= 0.3 is 8.60 Å². The van der Waals surface area contributed by atoms with Crippen LogP contribution < -0.4 is 0 Å². The van der Waals surface area contributed by atoms with Crippen molar-refractivity contribution < 1.29 is 23.0 Å². The molecule has 8 heavy (non-hydrogen) atoms. The van der Waals surface area contributed by atoms with Crippen LogP contribution in [0.5, 0.6) is 0 Å². The highest BCUT2D eigenvalue weighted by atomic mass is 31.2. The van der Waals surface area contributed by atoms with Gasteiger partial charge in [-0.1, -0.05) is 16.0 Å². The van der Waals surface area contributed by atoms with Crippen LogP contribution in [0.2, 0.25) is 0 Å². The standard InChI is InChI=1S/C2H3F2O3P/c1-2-5-8(6-3)7-4/h2H,1H2. The first kappa shape index (κ1) is 7.75. The van der Waals surface area contributed by atoms with E-state index in [9.17, 15) is 9.05 Å². The van der Waals surface area contributed by atoms with E-state index < -0.39 is 8.60 Å². The molecule has 0 aromatic carbocycles. The van der Waals surface area contributed by atoms with Gasteiger partial charge in [0, 0.05) is 0 Å². The van der Waals surface area contributed by atoms with Gasteiger partial charge in [0.05, 0.1) is 6.26 Å². The Balaban J connectivity index is 3.20. The van der Waals surface area contributed by atoms with Crippen molar-refractivity contribution in [3.05, 3.63) is 12.8 Å². The lowest BCUT2D eigenvalue weighted by Gasteiger charge is -1.99. The molecule has 0 spiro atoms. The molecule has 0 amide bonds. The molecule has 6 heteroatoms. The first-order valence-corrected chi connectivity index (χ1v) is 2.60. The molecule has 3 nitrogen and oxygen atoms in total. The summed E-state index contributed by atoms with van der Waals surface area (Å²) >= 11 is 0. The molecule has 0 N–H and O–H groups in total. The molecule has 0 aromatic heterocycles. The summed E-state index contributed by atoms with van der Waals surface area (Å²) < 4.78 is 31.3. The highest BCUT2D eigenvalue weighted by molar-refractivity contribution is 7.41. The molecule has 0 aliphatic carbocycles. The molecular weight excluding hydrogens is 141 g/mol. The Kier molecular flexibility index (Phi) is 4.75. The fourth-order valence-corrected chi connectivity index (χ4v) is 0.312. The lowest BCUT2D eigenvalue weighted by Crippen LogP contribution is -1.74. The molecule has 0 unspecified atom stereocenters. The summed E-state index contributed by atoms with van der Waals surface area (Å²) in [5.74, 6) is 0. The zero-order valence-corrected chi connectivity index (χ0v) is 4.61. The van der Waals surface area contributed by atoms with Crippen LogP contribution in [0.1, 0.15) is 0 Å². The van der Waals surface area contributed by atoms with Gasteiger partial charge in [-0.15, -0.1) is 0 Å². The number of hydrogen-bond acceptors (Lipinski definition) is 3. The highest BCUT2D eigenvalue weighted by Crippen LogP contribution is 2.40. The second-order valence-corrected chi connectivity index (χ2v) is 1.57. The quantitative estimate of drug-likeness (QED) is 0.447. The summed E-state index contributed by atoms with van der Waals surface area (Å²) in [5.41, 5.74) is 0. The van der Waals surface area contributed by atoms with Crippen molar-refractivity contribution in [1.82, 2.24) is 0 Å². The molecule has 0 aliphatic heterocycles. The Morgan fingerprint density at radius 2 is 1.88 bits per heavy atom. The van der Waals surface area contributed by atoms with Crippen molar-refractivity contribution in [3.8, 4) is 0 Å². The van der Waals surface area contributed by atoms with Crippen LogP contribution >= 0.6 is 8.60 Å². The largest absolute Gasteiger partial charge is 0.464 e. The normalized spacial score (nSPS) is 9.38. The Labute approximate surface area is 45.6 Å². The summed E-state index contributed by atoms with van der Waals surface area (Å²) in [7, 11) is -2.51. The number of halogens is 2. The topological polar surface area (TPSA) is 27.7 Å². The maximum absolute atomic E-state index is 10.8. The van der Waals surface area contributed by atoms with Gasteiger partial charge in [-0.25, -0.2) is 0 Å². The molecule has 0 rings (SSSR count).